The number of hydrogen-bond donors (Lipinski definition) is 1. The van der Waals surface area contributed by atoms with Gasteiger partial charge >= 0.3 is 5.97 Å². The third-order valence-electron chi connectivity index (χ3n) is 3.81. The molecule has 3 nitrogen and oxygen atoms in total. The topological polar surface area (TPSA) is 38.3 Å². The standard InChI is InChI=1S/C18H19NO2/c20-17-11-14(13-21-17)12-19-18(15-7-3-1-4-8-15)16-9-5-2-6-10-16/h1-10,14,18-19H,11-13H2. The van der Waals surface area contributed by atoms with Gasteiger partial charge in [-0.1, -0.05) is 60.7 Å². The Kier molecular flexibility index (Phi) is 4.31. The third-order valence-corrected chi connectivity index (χ3v) is 3.81. The van der Waals surface area contributed by atoms with E-state index in [1.165, 1.54) is 11.1 Å². The summed E-state index contributed by atoms with van der Waals surface area (Å²) < 4.78 is 5.03. The fraction of sp³-hybridized carbons (Fsp3) is 0.278. The van der Waals surface area contributed by atoms with Crippen LogP contribution >= 0.6 is 0 Å². The van der Waals surface area contributed by atoms with E-state index < -0.39 is 0 Å². The minimum absolute atomic E-state index is 0.0854. The molecule has 21 heavy (non-hydrogen) atoms. The second-order valence-electron chi connectivity index (χ2n) is 5.42. The second-order valence-corrected chi connectivity index (χ2v) is 5.42. The summed E-state index contributed by atoms with van der Waals surface area (Å²) in [5.74, 6) is 0.185. The predicted octanol–water partition coefficient (Wildman–Crippen LogP) is 2.93. The van der Waals surface area contributed by atoms with Gasteiger partial charge in [-0.05, 0) is 11.1 Å². The number of nitrogens with one attached hydrogen (secondary N) is 1. The lowest BCUT2D eigenvalue weighted by Crippen LogP contribution is -2.28. The maximum Gasteiger partial charge on any atom is 0.306 e. The Balaban J connectivity index is 1.75. The van der Waals surface area contributed by atoms with Crippen LogP contribution in [0.25, 0.3) is 0 Å². The quantitative estimate of drug-likeness (QED) is 0.856. The lowest BCUT2D eigenvalue weighted by atomic mass is 9.98. The Morgan fingerprint density at radius 3 is 2.05 bits per heavy atom. The average Bonchev–Trinajstić information content (AvgIpc) is 2.95. The van der Waals surface area contributed by atoms with Crippen molar-refractivity contribution in [2.75, 3.05) is 13.2 Å². The highest BCUT2D eigenvalue weighted by Crippen LogP contribution is 2.23. The van der Waals surface area contributed by atoms with Crippen LogP contribution in [0, 0.1) is 5.92 Å². The molecule has 3 rings (SSSR count). The Morgan fingerprint density at radius 2 is 1.57 bits per heavy atom. The van der Waals surface area contributed by atoms with E-state index in [-0.39, 0.29) is 17.9 Å². The molecule has 0 radical (unpaired) electrons. The number of benzene rings is 2. The van der Waals surface area contributed by atoms with E-state index in [1.807, 2.05) is 12.1 Å². The van der Waals surface area contributed by atoms with Crippen molar-refractivity contribution in [3.8, 4) is 0 Å². The zero-order valence-corrected chi connectivity index (χ0v) is 11.9. The van der Waals surface area contributed by atoms with Crippen molar-refractivity contribution in [3.63, 3.8) is 0 Å². The zero-order chi connectivity index (χ0) is 14.5. The molecular formula is C18H19NO2. The van der Waals surface area contributed by atoms with Crippen molar-refractivity contribution in [3.05, 3.63) is 71.8 Å². The van der Waals surface area contributed by atoms with Gasteiger partial charge in [-0.2, -0.15) is 0 Å². The summed E-state index contributed by atoms with van der Waals surface area (Å²) in [5.41, 5.74) is 2.46. The Hall–Kier alpha value is -2.13. The molecule has 0 aromatic heterocycles. The van der Waals surface area contributed by atoms with Gasteiger partial charge in [0, 0.05) is 12.5 Å². The molecule has 1 N–H and O–H groups in total. The molecule has 1 fully saturated rings. The van der Waals surface area contributed by atoms with Crippen molar-refractivity contribution >= 4 is 5.97 Å². The highest BCUT2D eigenvalue weighted by molar-refractivity contribution is 5.71. The second kappa shape index (κ2) is 6.55. The number of ether oxygens (including phenoxy) is 1. The molecule has 1 unspecified atom stereocenters. The van der Waals surface area contributed by atoms with Crippen molar-refractivity contribution in [1.82, 2.24) is 5.32 Å². The molecular weight excluding hydrogens is 262 g/mol. The summed E-state index contributed by atoms with van der Waals surface area (Å²) in [6.07, 6.45) is 0.517. The van der Waals surface area contributed by atoms with Gasteiger partial charge in [-0.3, -0.25) is 4.79 Å². The first-order valence-electron chi connectivity index (χ1n) is 7.32. The number of esters is 1. The number of rotatable bonds is 5. The monoisotopic (exact) mass is 281 g/mol. The van der Waals surface area contributed by atoms with E-state index in [2.05, 4.69) is 53.8 Å². The van der Waals surface area contributed by atoms with Crippen molar-refractivity contribution < 1.29 is 9.53 Å². The molecule has 3 heteroatoms. The van der Waals surface area contributed by atoms with Crippen LogP contribution in [-0.2, 0) is 9.53 Å². The van der Waals surface area contributed by atoms with Gasteiger partial charge in [0.15, 0.2) is 0 Å². The molecule has 1 heterocycles. The molecule has 2 aromatic rings. The molecule has 1 saturated heterocycles. The first-order chi connectivity index (χ1) is 10.3. The van der Waals surface area contributed by atoms with Crippen LogP contribution in [0.15, 0.2) is 60.7 Å². The van der Waals surface area contributed by atoms with E-state index in [0.717, 1.165) is 6.54 Å². The molecule has 1 aliphatic rings. The van der Waals surface area contributed by atoms with Crippen molar-refractivity contribution in [2.24, 2.45) is 5.92 Å². The molecule has 2 aromatic carbocycles. The first kappa shape index (κ1) is 13.8. The Morgan fingerprint density at radius 1 is 1.00 bits per heavy atom. The van der Waals surface area contributed by atoms with Crippen LogP contribution in [-0.4, -0.2) is 19.1 Å². The van der Waals surface area contributed by atoms with E-state index in [0.29, 0.717) is 13.0 Å². The van der Waals surface area contributed by atoms with E-state index in [4.69, 9.17) is 4.74 Å². The molecule has 1 atom stereocenters. The molecule has 0 saturated carbocycles. The summed E-state index contributed by atoms with van der Waals surface area (Å²) in [5, 5.41) is 3.58. The Bertz CT molecular complexity index is 543. The normalized spacial score (nSPS) is 18.0. The lowest BCUT2D eigenvalue weighted by molar-refractivity contribution is -0.137. The summed E-state index contributed by atoms with van der Waals surface area (Å²) in [7, 11) is 0. The van der Waals surface area contributed by atoms with Crippen LogP contribution in [0.1, 0.15) is 23.6 Å². The van der Waals surface area contributed by atoms with Gasteiger partial charge in [-0.15, -0.1) is 0 Å². The predicted molar refractivity (Wildman–Crippen MR) is 81.8 cm³/mol. The molecule has 1 aliphatic heterocycles. The highest BCUT2D eigenvalue weighted by atomic mass is 16.5. The zero-order valence-electron chi connectivity index (χ0n) is 11.9. The van der Waals surface area contributed by atoms with Gasteiger partial charge < -0.3 is 10.1 Å². The van der Waals surface area contributed by atoms with Gasteiger partial charge in [0.05, 0.1) is 19.1 Å². The minimum Gasteiger partial charge on any atom is -0.465 e. The highest BCUT2D eigenvalue weighted by Gasteiger charge is 2.24. The summed E-state index contributed by atoms with van der Waals surface area (Å²) >= 11 is 0. The first-order valence-corrected chi connectivity index (χ1v) is 7.32. The largest absolute Gasteiger partial charge is 0.465 e. The lowest BCUT2D eigenvalue weighted by Gasteiger charge is -2.21. The van der Waals surface area contributed by atoms with E-state index in [9.17, 15) is 4.79 Å². The molecule has 0 amide bonds. The summed E-state index contributed by atoms with van der Waals surface area (Å²) in [6.45, 7) is 1.31. The maximum atomic E-state index is 11.2. The molecule has 0 spiro atoms. The van der Waals surface area contributed by atoms with Crippen LogP contribution in [0.3, 0.4) is 0 Å². The number of carbonyl (C=O) groups is 1. The average molecular weight is 281 g/mol. The molecule has 0 aliphatic carbocycles. The van der Waals surface area contributed by atoms with Gasteiger partial charge in [-0.25, -0.2) is 0 Å². The fourth-order valence-electron chi connectivity index (χ4n) is 2.70. The smallest absolute Gasteiger partial charge is 0.306 e. The van der Waals surface area contributed by atoms with Crippen LogP contribution in [0.2, 0.25) is 0 Å². The SMILES string of the molecule is O=C1CC(CNC(c2ccccc2)c2ccccc2)CO1. The maximum absolute atomic E-state index is 11.2. The molecule has 0 bridgehead atoms. The Labute approximate surface area is 124 Å². The summed E-state index contributed by atoms with van der Waals surface area (Å²) in [4.78, 5) is 11.2. The molecule has 108 valence electrons. The third kappa shape index (κ3) is 3.50. The fourth-order valence-corrected chi connectivity index (χ4v) is 2.70. The number of cyclic esters (lactones) is 1. The van der Waals surface area contributed by atoms with Gasteiger partial charge in [0.2, 0.25) is 0 Å². The van der Waals surface area contributed by atoms with E-state index in [1.54, 1.807) is 0 Å². The van der Waals surface area contributed by atoms with Crippen LogP contribution < -0.4 is 5.32 Å². The van der Waals surface area contributed by atoms with Crippen molar-refractivity contribution in [1.29, 1.82) is 0 Å². The van der Waals surface area contributed by atoms with Gasteiger partial charge in [0.25, 0.3) is 0 Å². The van der Waals surface area contributed by atoms with Crippen molar-refractivity contribution in [2.45, 2.75) is 12.5 Å². The summed E-state index contributed by atoms with van der Waals surface area (Å²) in [6, 6.07) is 20.9. The van der Waals surface area contributed by atoms with Crippen LogP contribution in [0.4, 0.5) is 0 Å². The number of carbonyl (C=O) groups excluding carboxylic acids is 1. The number of hydrogen-bond acceptors (Lipinski definition) is 3. The minimum atomic E-state index is -0.0854. The van der Waals surface area contributed by atoms with Gasteiger partial charge in [0.1, 0.15) is 0 Å². The van der Waals surface area contributed by atoms with Crippen LogP contribution in [0.5, 0.6) is 0 Å². The van der Waals surface area contributed by atoms with E-state index >= 15 is 0 Å².